The number of benzene rings is 1. The van der Waals surface area contributed by atoms with Crippen LogP contribution in [0.15, 0.2) is 4.47 Å². The molecule has 1 heterocycles. The summed E-state index contributed by atoms with van der Waals surface area (Å²) in [6, 6.07) is -1.39. The number of carbonyl (C=O) groups excluding carboxylic acids is 1. The number of nitrogens with one attached hydrogen (secondary N) is 1. The molecule has 1 amide bonds. The molecule has 0 saturated carbocycles. The average molecular weight is 448 g/mol. The van der Waals surface area contributed by atoms with Gasteiger partial charge in [-0.25, -0.2) is 30.7 Å². The number of rotatable bonds is 4. The predicted octanol–water partition coefficient (Wildman–Crippen LogP) is 4.79. The zero-order chi connectivity index (χ0) is 19.9. The van der Waals surface area contributed by atoms with Crippen molar-refractivity contribution in [2.24, 2.45) is 0 Å². The van der Waals surface area contributed by atoms with E-state index >= 15 is 0 Å². The van der Waals surface area contributed by atoms with Crippen LogP contribution in [0.1, 0.15) is 30.8 Å². The average Bonchev–Trinajstić information content (AvgIpc) is 2.90. The molecule has 142 valence electrons. The Morgan fingerprint density at radius 3 is 1.92 bits per heavy atom. The highest BCUT2D eigenvalue weighted by Crippen LogP contribution is 2.31. The van der Waals surface area contributed by atoms with Crippen LogP contribution in [0.25, 0.3) is 0 Å². The molecule has 2 aromatic rings. The Morgan fingerprint density at radius 2 is 1.50 bits per heavy atom. The van der Waals surface area contributed by atoms with Crippen LogP contribution in [-0.2, 0) is 4.79 Å². The minimum absolute atomic E-state index is 0.0802. The number of hydrogen-bond acceptors (Lipinski definition) is 2. The van der Waals surface area contributed by atoms with Crippen molar-refractivity contribution in [3.63, 3.8) is 0 Å². The lowest BCUT2D eigenvalue weighted by atomic mass is 10.2. The van der Waals surface area contributed by atoms with Gasteiger partial charge in [-0.05, 0) is 29.8 Å². The van der Waals surface area contributed by atoms with E-state index in [9.17, 15) is 35.5 Å². The van der Waals surface area contributed by atoms with Crippen LogP contribution < -0.4 is 5.32 Å². The Morgan fingerprint density at radius 1 is 1.04 bits per heavy atom. The quantitative estimate of drug-likeness (QED) is 0.416. The molecule has 12 heteroatoms. The van der Waals surface area contributed by atoms with Gasteiger partial charge in [0.15, 0.2) is 23.3 Å². The van der Waals surface area contributed by atoms with E-state index in [1.54, 1.807) is 5.32 Å². The van der Waals surface area contributed by atoms with Gasteiger partial charge in [-0.1, -0.05) is 0 Å². The number of hydrogen-bond donors (Lipinski definition) is 1. The Balaban J connectivity index is 2.39. The molecule has 0 saturated heterocycles. The van der Waals surface area contributed by atoms with Crippen molar-refractivity contribution < 1.29 is 35.5 Å². The van der Waals surface area contributed by atoms with Crippen LogP contribution in [0, 0.1) is 36.0 Å². The van der Waals surface area contributed by atoms with E-state index in [1.165, 1.54) is 6.92 Å². The van der Waals surface area contributed by atoms with Crippen molar-refractivity contribution in [2.45, 2.75) is 26.3 Å². The number of amides is 1. The predicted molar refractivity (Wildman–Crippen MR) is 79.2 cm³/mol. The van der Waals surface area contributed by atoms with Gasteiger partial charge in [0, 0.05) is 0 Å². The topological polar surface area (TPSA) is 46.9 Å². The first-order chi connectivity index (χ1) is 12.0. The minimum atomic E-state index is -2.96. The molecule has 0 aliphatic rings. The summed E-state index contributed by atoms with van der Waals surface area (Å²) in [6.45, 7) is 2.48. The van der Waals surface area contributed by atoms with E-state index < -0.39 is 58.8 Å². The van der Waals surface area contributed by atoms with Gasteiger partial charge in [-0.2, -0.15) is 5.10 Å². The molecule has 0 fully saturated rings. The van der Waals surface area contributed by atoms with Crippen LogP contribution in [0.4, 0.5) is 36.4 Å². The maximum Gasteiger partial charge on any atom is 0.283 e. The third-order valence-corrected chi connectivity index (χ3v) is 4.49. The van der Waals surface area contributed by atoms with Gasteiger partial charge in [-0.15, -0.1) is 0 Å². The Bertz CT molecular complexity index is 855. The summed E-state index contributed by atoms with van der Waals surface area (Å²) >= 11 is 2.88. The van der Waals surface area contributed by atoms with Crippen molar-refractivity contribution in [3.8, 4) is 0 Å². The number of alkyl halides is 2. The summed E-state index contributed by atoms with van der Waals surface area (Å²) in [4.78, 5) is 12.1. The van der Waals surface area contributed by atoms with E-state index in [0.717, 1.165) is 11.6 Å². The standard InChI is InChI=1S/C14H9BrF7N3O/c1-3-5(15)11(13(21)22)24-25(3)4(2)14(26)23-12-9(19)7(17)6(16)8(18)10(12)20/h4,13H,1-2H3,(H,23,26)/t4-/m1/s1. The lowest BCUT2D eigenvalue weighted by molar-refractivity contribution is -0.119. The Hall–Kier alpha value is -2.11. The normalized spacial score (nSPS) is 12.6. The summed E-state index contributed by atoms with van der Waals surface area (Å²) in [5, 5.41) is 5.10. The van der Waals surface area contributed by atoms with Crippen molar-refractivity contribution >= 4 is 27.5 Å². The molecule has 1 aromatic carbocycles. The Labute approximate surface area is 150 Å². The third-order valence-electron chi connectivity index (χ3n) is 3.51. The van der Waals surface area contributed by atoms with E-state index in [4.69, 9.17) is 0 Å². The van der Waals surface area contributed by atoms with Gasteiger partial charge in [0.05, 0.1) is 10.2 Å². The number of halogens is 8. The second-order valence-corrected chi connectivity index (χ2v) is 5.93. The van der Waals surface area contributed by atoms with E-state index in [-0.39, 0.29) is 10.2 Å². The molecule has 0 aliphatic heterocycles. The molecule has 4 nitrogen and oxygen atoms in total. The molecule has 0 aliphatic carbocycles. The summed E-state index contributed by atoms with van der Waals surface area (Å²) in [5.41, 5.74) is -2.12. The Kier molecular flexibility index (Phi) is 5.64. The molecule has 1 N–H and O–H groups in total. The van der Waals surface area contributed by atoms with Gasteiger partial charge in [0.25, 0.3) is 6.43 Å². The molecule has 2 rings (SSSR count). The van der Waals surface area contributed by atoms with E-state index in [0.29, 0.717) is 0 Å². The lowest BCUT2D eigenvalue weighted by Gasteiger charge is -2.16. The first-order valence-corrected chi connectivity index (χ1v) is 7.63. The molecule has 0 spiro atoms. The molecular weight excluding hydrogens is 439 g/mol. The molecule has 1 atom stereocenters. The molecule has 0 unspecified atom stereocenters. The largest absolute Gasteiger partial charge is 0.319 e. The van der Waals surface area contributed by atoms with Crippen molar-refractivity contribution in [1.29, 1.82) is 0 Å². The first kappa shape index (κ1) is 20.2. The number of carbonyl (C=O) groups is 1. The minimum Gasteiger partial charge on any atom is -0.319 e. The summed E-state index contributed by atoms with van der Waals surface area (Å²) < 4.78 is 93.0. The number of anilines is 1. The van der Waals surface area contributed by atoms with Crippen LogP contribution in [0.2, 0.25) is 0 Å². The molecular formula is C14H9BrF7N3O. The fourth-order valence-corrected chi connectivity index (χ4v) is 2.52. The van der Waals surface area contributed by atoms with Crippen LogP contribution in [-0.4, -0.2) is 15.7 Å². The first-order valence-electron chi connectivity index (χ1n) is 6.83. The highest BCUT2D eigenvalue weighted by Gasteiger charge is 2.30. The van der Waals surface area contributed by atoms with Gasteiger partial charge < -0.3 is 5.32 Å². The second-order valence-electron chi connectivity index (χ2n) is 5.14. The van der Waals surface area contributed by atoms with E-state index in [1.807, 2.05) is 0 Å². The van der Waals surface area contributed by atoms with Gasteiger partial charge in [0.1, 0.15) is 17.4 Å². The van der Waals surface area contributed by atoms with Gasteiger partial charge >= 0.3 is 0 Å². The van der Waals surface area contributed by atoms with Crippen molar-refractivity contribution in [1.82, 2.24) is 9.78 Å². The zero-order valence-corrected chi connectivity index (χ0v) is 14.6. The number of aromatic nitrogens is 2. The lowest BCUT2D eigenvalue weighted by Crippen LogP contribution is -2.27. The zero-order valence-electron chi connectivity index (χ0n) is 13.0. The fraction of sp³-hybridized carbons (Fsp3) is 0.286. The molecule has 26 heavy (non-hydrogen) atoms. The second kappa shape index (κ2) is 7.25. The fourth-order valence-electron chi connectivity index (χ4n) is 2.09. The van der Waals surface area contributed by atoms with Crippen LogP contribution >= 0.6 is 15.9 Å². The summed E-state index contributed by atoms with van der Waals surface area (Å²) in [6.07, 6.45) is -2.96. The highest BCUT2D eigenvalue weighted by molar-refractivity contribution is 9.10. The summed E-state index contributed by atoms with van der Waals surface area (Å²) in [7, 11) is 0. The van der Waals surface area contributed by atoms with Crippen LogP contribution in [0.3, 0.4) is 0 Å². The highest BCUT2D eigenvalue weighted by atomic mass is 79.9. The monoisotopic (exact) mass is 447 g/mol. The SMILES string of the molecule is Cc1c(Br)c(C(F)F)nn1[C@H](C)C(=O)Nc1c(F)c(F)c(F)c(F)c1F. The number of nitrogens with zero attached hydrogens (tertiary/aromatic N) is 2. The van der Waals surface area contributed by atoms with Gasteiger partial charge in [0.2, 0.25) is 11.7 Å². The van der Waals surface area contributed by atoms with E-state index in [2.05, 4.69) is 21.0 Å². The molecule has 1 aromatic heterocycles. The van der Waals surface area contributed by atoms with Crippen molar-refractivity contribution in [3.05, 3.63) is 44.9 Å². The maximum atomic E-state index is 13.6. The molecule has 0 radical (unpaired) electrons. The maximum absolute atomic E-state index is 13.6. The molecule has 0 bridgehead atoms. The van der Waals surface area contributed by atoms with Crippen LogP contribution in [0.5, 0.6) is 0 Å². The third kappa shape index (κ3) is 3.29. The summed E-state index contributed by atoms with van der Waals surface area (Å²) in [5.74, 6) is -12.5. The van der Waals surface area contributed by atoms with Gasteiger partial charge in [-0.3, -0.25) is 9.48 Å². The van der Waals surface area contributed by atoms with Crippen molar-refractivity contribution in [2.75, 3.05) is 5.32 Å². The smallest absolute Gasteiger partial charge is 0.283 e.